The quantitative estimate of drug-likeness (QED) is 0.409. The maximum atomic E-state index is 12.3. The van der Waals surface area contributed by atoms with Gasteiger partial charge in [0.25, 0.3) is 0 Å². The second-order valence-electron chi connectivity index (χ2n) is 5.96. The highest BCUT2D eigenvalue weighted by Crippen LogP contribution is 2.10. The Bertz CT molecular complexity index is 742. The SMILES string of the molecule is C[C@H](NC(=O)C(CCC(=O)SCC(=O)[O-])NC(=O)OCc1ccccc1)C(N)=O. The standard InChI is InChI=1S/C18H23N3O7S/c1-11(16(19)25)20-17(26)13(7-8-15(24)29-10-14(22)23)21-18(27)28-9-12-5-3-2-4-6-12/h2-6,11,13H,7-10H2,1H3,(H2,19,25)(H,20,26)(H,21,27)(H,22,23)/p-1/t11-,13?/m0/s1. The molecule has 1 aromatic carbocycles. The summed E-state index contributed by atoms with van der Waals surface area (Å²) in [4.78, 5) is 57.6. The lowest BCUT2D eigenvalue weighted by Crippen LogP contribution is -2.52. The monoisotopic (exact) mass is 424 g/mol. The van der Waals surface area contributed by atoms with Gasteiger partial charge in [-0.05, 0) is 18.9 Å². The van der Waals surface area contributed by atoms with E-state index >= 15 is 0 Å². The van der Waals surface area contributed by atoms with Gasteiger partial charge in [-0.1, -0.05) is 42.1 Å². The number of primary amides is 1. The van der Waals surface area contributed by atoms with Crippen LogP contribution in [0.4, 0.5) is 4.79 Å². The number of benzene rings is 1. The fraction of sp³-hybridized carbons (Fsp3) is 0.389. The van der Waals surface area contributed by atoms with Crippen molar-refractivity contribution in [2.24, 2.45) is 5.73 Å². The number of hydrogen-bond donors (Lipinski definition) is 3. The number of carboxylic acid groups (broad SMARTS) is 1. The van der Waals surface area contributed by atoms with Crippen molar-refractivity contribution in [2.45, 2.75) is 38.5 Å². The molecule has 158 valence electrons. The van der Waals surface area contributed by atoms with Crippen molar-refractivity contribution in [3.05, 3.63) is 35.9 Å². The molecule has 1 unspecified atom stereocenters. The number of thioether (sulfide) groups is 1. The van der Waals surface area contributed by atoms with Gasteiger partial charge in [0.1, 0.15) is 18.7 Å². The molecule has 10 nitrogen and oxygen atoms in total. The van der Waals surface area contributed by atoms with Crippen LogP contribution in [0.1, 0.15) is 25.3 Å². The molecule has 0 radical (unpaired) electrons. The van der Waals surface area contributed by atoms with Crippen LogP contribution in [0.15, 0.2) is 30.3 Å². The third kappa shape index (κ3) is 10.1. The highest BCUT2D eigenvalue weighted by Gasteiger charge is 2.25. The molecule has 1 rings (SSSR count). The number of carbonyl (C=O) groups is 5. The lowest BCUT2D eigenvalue weighted by atomic mass is 10.1. The minimum atomic E-state index is -1.39. The summed E-state index contributed by atoms with van der Waals surface area (Å²) in [5, 5.41) is 14.6. The number of alkyl carbamates (subject to hydrolysis) is 1. The summed E-state index contributed by atoms with van der Waals surface area (Å²) >= 11 is 0.533. The third-order valence-corrected chi connectivity index (χ3v) is 4.50. The third-order valence-electron chi connectivity index (χ3n) is 3.60. The van der Waals surface area contributed by atoms with E-state index in [0.717, 1.165) is 5.56 Å². The summed E-state index contributed by atoms with van der Waals surface area (Å²) in [6.45, 7) is 1.34. The highest BCUT2D eigenvalue weighted by atomic mass is 32.2. The number of nitrogens with two attached hydrogens (primary N) is 1. The maximum absolute atomic E-state index is 12.3. The van der Waals surface area contributed by atoms with E-state index in [1.165, 1.54) is 6.92 Å². The van der Waals surface area contributed by atoms with Gasteiger partial charge in [-0.3, -0.25) is 14.4 Å². The molecular formula is C18H22N3O7S-. The first-order valence-electron chi connectivity index (χ1n) is 8.61. The van der Waals surface area contributed by atoms with Crippen molar-refractivity contribution in [3.8, 4) is 0 Å². The second-order valence-corrected chi connectivity index (χ2v) is 7.00. The lowest BCUT2D eigenvalue weighted by Gasteiger charge is -2.20. The number of hydrogen-bond acceptors (Lipinski definition) is 8. The number of rotatable bonds is 11. The van der Waals surface area contributed by atoms with Gasteiger partial charge in [0, 0.05) is 12.2 Å². The minimum Gasteiger partial charge on any atom is -0.549 e. The Hall–Kier alpha value is -3.08. The van der Waals surface area contributed by atoms with Crippen molar-refractivity contribution in [3.63, 3.8) is 0 Å². The summed E-state index contributed by atoms with van der Waals surface area (Å²) in [6.07, 6.45) is -1.22. The fourth-order valence-corrected chi connectivity index (χ4v) is 2.58. The zero-order chi connectivity index (χ0) is 21.8. The van der Waals surface area contributed by atoms with Crippen LogP contribution < -0.4 is 21.5 Å². The van der Waals surface area contributed by atoms with E-state index in [-0.39, 0.29) is 19.4 Å². The first-order chi connectivity index (χ1) is 13.7. The van der Waals surface area contributed by atoms with Gasteiger partial charge < -0.3 is 31.0 Å². The van der Waals surface area contributed by atoms with Crippen LogP contribution in [0.2, 0.25) is 0 Å². The molecule has 0 saturated heterocycles. The number of ether oxygens (including phenoxy) is 1. The molecule has 0 fully saturated rings. The molecular weight excluding hydrogens is 402 g/mol. The van der Waals surface area contributed by atoms with Crippen molar-refractivity contribution >= 4 is 40.8 Å². The van der Waals surface area contributed by atoms with Crippen LogP contribution >= 0.6 is 11.8 Å². The average Bonchev–Trinajstić information content (AvgIpc) is 2.68. The van der Waals surface area contributed by atoms with E-state index in [1.54, 1.807) is 30.3 Å². The van der Waals surface area contributed by atoms with Crippen LogP contribution in [0.25, 0.3) is 0 Å². The molecule has 0 aliphatic carbocycles. The summed E-state index contributed by atoms with van der Waals surface area (Å²) in [6, 6.07) is 6.67. The summed E-state index contributed by atoms with van der Waals surface area (Å²) in [5.74, 6) is -3.41. The van der Waals surface area contributed by atoms with Crippen LogP contribution in [0.3, 0.4) is 0 Å². The normalized spacial score (nSPS) is 12.3. The largest absolute Gasteiger partial charge is 0.549 e. The predicted molar refractivity (Wildman–Crippen MR) is 102 cm³/mol. The van der Waals surface area contributed by atoms with Gasteiger partial charge in [-0.25, -0.2) is 4.79 Å². The van der Waals surface area contributed by atoms with E-state index in [4.69, 9.17) is 10.5 Å². The molecule has 0 heterocycles. The number of carboxylic acids is 1. The number of aliphatic carboxylic acids is 1. The molecule has 0 aliphatic rings. The maximum Gasteiger partial charge on any atom is 0.408 e. The van der Waals surface area contributed by atoms with Gasteiger partial charge in [-0.15, -0.1) is 0 Å². The highest BCUT2D eigenvalue weighted by molar-refractivity contribution is 8.14. The van der Waals surface area contributed by atoms with Crippen LogP contribution in [0, 0.1) is 0 Å². The van der Waals surface area contributed by atoms with Gasteiger partial charge in [0.15, 0.2) is 5.12 Å². The van der Waals surface area contributed by atoms with Crippen molar-refractivity contribution in [2.75, 3.05) is 5.75 Å². The van der Waals surface area contributed by atoms with Gasteiger partial charge in [0.2, 0.25) is 11.8 Å². The number of amides is 3. The summed E-state index contributed by atoms with van der Waals surface area (Å²) in [7, 11) is 0. The molecule has 2 atom stereocenters. The van der Waals surface area contributed by atoms with Gasteiger partial charge >= 0.3 is 6.09 Å². The lowest BCUT2D eigenvalue weighted by molar-refractivity contribution is -0.301. The van der Waals surface area contributed by atoms with Crippen molar-refractivity contribution in [1.82, 2.24) is 10.6 Å². The Morgan fingerprint density at radius 1 is 1.14 bits per heavy atom. The topological polar surface area (TPSA) is 168 Å². The average molecular weight is 424 g/mol. The molecule has 0 aliphatic heterocycles. The van der Waals surface area contributed by atoms with Crippen molar-refractivity contribution in [1.29, 1.82) is 0 Å². The van der Waals surface area contributed by atoms with Crippen LogP contribution in [-0.2, 0) is 30.5 Å². The Kier molecular flexibility index (Phi) is 10.2. The molecule has 29 heavy (non-hydrogen) atoms. The smallest absolute Gasteiger partial charge is 0.408 e. The fourth-order valence-electron chi connectivity index (χ4n) is 2.03. The molecule has 3 amide bonds. The zero-order valence-electron chi connectivity index (χ0n) is 15.7. The van der Waals surface area contributed by atoms with Crippen LogP contribution in [0.5, 0.6) is 0 Å². The Morgan fingerprint density at radius 3 is 2.38 bits per heavy atom. The molecule has 0 aromatic heterocycles. The molecule has 11 heteroatoms. The van der Waals surface area contributed by atoms with Gasteiger partial charge in [-0.2, -0.15) is 0 Å². The van der Waals surface area contributed by atoms with Crippen molar-refractivity contribution < 1.29 is 33.8 Å². The molecule has 0 spiro atoms. The summed E-state index contributed by atoms with van der Waals surface area (Å²) in [5.41, 5.74) is 5.84. The summed E-state index contributed by atoms with van der Waals surface area (Å²) < 4.78 is 5.05. The predicted octanol–water partition coefficient (Wildman–Crippen LogP) is -0.939. The molecule has 0 saturated carbocycles. The van der Waals surface area contributed by atoms with E-state index in [9.17, 15) is 29.1 Å². The number of nitrogens with one attached hydrogen (secondary N) is 2. The second kappa shape index (κ2) is 12.4. The molecule has 0 bridgehead atoms. The Morgan fingerprint density at radius 2 is 1.79 bits per heavy atom. The molecule has 1 aromatic rings. The van der Waals surface area contributed by atoms with Gasteiger partial charge in [0.05, 0.1) is 5.97 Å². The minimum absolute atomic E-state index is 0.0287. The van der Waals surface area contributed by atoms with E-state index in [1.807, 2.05) is 0 Å². The Labute approximate surface area is 171 Å². The zero-order valence-corrected chi connectivity index (χ0v) is 16.5. The van der Waals surface area contributed by atoms with E-state index in [2.05, 4.69) is 10.6 Å². The van der Waals surface area contributed by atoms with E-state index in [0.29, 0.717) is 11.8 Å². The molecule has 4 N–H and O–H groups in total. The van der Waals surface area contributed by atoms with E-state index < -0.39 is 46.8 Å². The first kappa shape index (κ1) is 24.0. The first-order valence-corrected chi connectivity index (χ1v) is 9.60. The van der Waals surface area contributed by atoms with Crippen LogP contribution in [-0.4, -0.2) is 46.8 Å². The Balaban J connectivity index is 2.66. The number of carbonyl (C=O) groups excluding carboxylic acids is 5.